The van der Waals surface area contributed by atoms with E-state index in [1.54, 1.807) is 7.11 Å². The van der Waals surface area contributed by atoms with Crippen molar-refractivity contribution < 1.29 is 9.84 Å². The van der Waals surface area contributed by atoms with Gasteiger partial charge in [-0.3, -0.25) is 0 Å². The van der Waals surface area contributed by atoms with Crippen molar-refractivity contribution in [1.82, 2.24) is 0 Å². The molecule has 11 heavy (non-hydrogen) atoms. The van der Waals surface area contributed by atoms with Gasteiger partial charge in [-0.15, -0.1) is 9.24 Å². The Labute approximate surface area is 68.4 Å². The lowest BCUT2D eigenvalue weighted by Crippen LogP contribution is -1.97. The number of methoxy groups -OCH3 is 1. The quantitative estimate of drug-likeness (QED) is 0.661. The lowest BCUT2D eigenvalue weighted by molar-refractivity contribution is 0.274. The molecule has 0 saturated heterocycles. The molecule has 1 N–H and O–H groups in total. The van der Waals surface area contributed by atoms with Gasteiger partial charge in [0.25, 0.3) is 0 Å². The summed E-state index contributed by atoms with van der Waals surface area (Å²) in [5, 5.41) is 9.94. The number of aliphatic hydroxyl groups excluding tert-OH is 1. The van der Waals surface area contributed by atoms with Crippen molar-refractivity contribution in [3.8, 4) is 5.75 Å². The molecule has 1 aromatic carbocycles. The van der Waals surface area contributed by atoms with E-state index in [4.69, 9.17) is 9.84 Å². The Morgan fingerprint density at radius 2 is 2.27 bits per heavy atom. The van der Waals surface area contributed by atoms with Crippen LogP contribution in [0, 0.1) is 0 Å². The molecule has 0 aliphatic rings. The molecule has 0 aliphatic carbocycles. The molecule has 1 atom stereocenters. The molecule has 0 saturated carbocycles. The maximum Gasteiger partial charge on any atom is 0.124 e. The van der Waals surface area contributed by atoms with E-state index in [1.165, 1.54) is 0 Å². The third kappa shape index (κ3) is 1.92. The fourth-order valence-electron chi connectivity index (χ4n) is 0.922. The smallest absolute Gasteiger partial charge is 0.124 e. The number of hydrogen-bond acceptors (Lipinski definition) is 2. The van der Waals surface area contributed by atoms with Crippen LogP contribution in [-0.4, -0.2) is 12.2 Å². The molecule has 1 unspecified atom stereocenters. The molecular weight excluding hydrogens is 159 g/mol. The Morgan fingerprint density at radius 3 is 2.82 bits per heavy atom. The van der Waals surface area contributed by atoms with Crippen molar-refractivity contribution >= 4 is 14.5 Å². The summed E-state index contributed by atoms with van der Waals surface area (Å²) >= 11 is 0. The second-order valence-corrected chi connectivity index (χ2v) is 2.90. The van der Waals surface area contributed by atoms with Crippen molar-refractivity contribution in [3.63, 3.8) is 0 Å². The minimum atomic E-state index is 0.0193. The molecule has 0 bridgehead atoms. The van der Waals surface area contributed by atoms with Crippen molar-refractivity contribution in [2.75, 3.05) is 7.11 Å². The molecular formula is C8H11O2P. The van der Waals surface area contributed by atoms with Crippen LogP contribution in [-0.2, 0) is 6.61 Å². The maximum absolute atomic E-state index is 8.88. The van der Waals surface area contributed by atoms with E-state index in [0.717, 1.165) is 16.6 Å². The fraction of sp³-hybridized carbons (Fsp3) is 0.250. The summed E-state index contributed by atoms with van der Waals surface area (Å²) < 4.78 is 5.02. The van der Waals surface area contributed by atoms with Gasteiger partial charge in [0.2, 0.25) is 0 Å². The lowest BCUT2D eigenvalue weighted by atomic mass is 10.2. The average molecular weight is 170 g/mol. The van der Waals surface area contributed by atoms with Gasteiger partial charge < -0.3 is 9.84 Å². The summed E-state index contributed by atoms with van der Waals surface area (Å²) in [6.45, 7) is 0.0193. The third-order valence-corrected chi connectivity index (χ3v) is 1.83. The molecule has 0 radical (unpaired) electrons. The third-order valence-electron chi connectivity index (χ3n) is 1.47. The first-order valence-corrected chi connectivity index (χ1v) is 3.89. The van der Waals surface area contributed by atoms with E-state index in [-0.39, 0.29) is 6.61 Å². The van der Waals surface area contributed by atoms with Crippen LogP contribution in [0.5, 0.6) is 5.75 Å². The number of hydrogen-bond donors (Lipinski definition) is 1. The second-order valence-electron chi connectivity index (χ2n) is 2.23. The Balaban J connectivity index is 3.06. The van der Waals surface area contributed by atoms with Crippen LogP contribution < -0.4 is 10.0 Å². The highest BCUT2D eigenvalue weighted by molar-refractivity contribution is 7.27. The maximum atomic E-state index is 8.88. The van der Waals surface area contributed by atoms with Crippen LogP contribution in [0.4, 0.5) is 0 Å². The molecule has 3 heteroatoms. The van der Waals surface area contributed by atoms with Gasteiger partial charge in [0.05, 0.1) is 13.7 Å². The highest BCUT2D eigenvalue weighted by Gasteiger charge is 1.99. The number of benzene rings is 1. The van der Waals surface area contributed by atoms with Crippen molar-refractivity contribution in [2.24, 2.45) is 0 Å². The first-order valence-electron chi connectivity index (χ1n) is 3.31. The normalized spacial score (nSPS) is 9.73. The standard InChI is InChI=1S/C8H11O2P/c1-10-8-3-2-7(11)4-6(8)5-9/h2-4,9H,5,11H2,1H3. The van der Waals surface area contributed by atoms with Crippen LogP contribution in [0.1, 0.15) is 5.56 Å². The van der Waals surface area contributed by atoms with Crippen LogP contribution in [0.3, 0.4) is 0 Å². The number of aliphatic hydroxyl groups is 1. The molecule has 0 spiro atoms. The Bertz CT molecular complexity index is 248. The van der Waals surface area contributed by atoms with Crippen LogP contribution in [0.15, 0.2) is 18.2 Å². The minimum absolute atomic E-state index is 0.0193. The number of rotatable bonds is 2. The minimum Gasteiger partial charge on any atom is -0.496 e. The van der Waals surface area contributed by atoms with Gasteiger partial charge in [-0.2, -0.15) is 0 Å². The first-order chi connectivity index (χ1) is 5.27. The van der Waals surface area contributed by atoms with E-state index in [0.29, 0.717) is 0 Å². The van der Waals surface area contributed by atoms with E-state index in [1.807, 2.05) is 18.2 Å². The zero-order chi connectivity index (χ0) is 8.27. The van der Waals surface area contributed by atoms with Gasteiger partial charge in [-0.25, -0.2) is 0 Å². The Hall–Kier alpha value is -0.590. The monoisotopic (exact) mass is 170 g/mol. The summed E-state index contributed by atoms with van der Waals surface area (Å²) in [7, 11) is 4.16. The van der Waals surface area contributed by atoms with Gasteiger partial charge in [-0.1, -0.05) is 6.07 Å². The highest BCUT2D eigenvalue weighted by atomic mass is 31.0. The summed E-state index contributed by atoms with van der Waals surface area (Å²) in [4.78, 5) is 0. The van der Waals surface area contributed by atoms with Crippen LogP contribution in [0.2, 0.25) is 0 Å². The summed E-state index contributed by atoms with van der Waals surface area (Å²) in [5.74, 6) is 0.735. The summed E-state index contributed by atoms with van der Waals surface area (Å²) in [6, 6.07) is 5.64. The zero-order valence-electron chi connectivity index (χ0n) is 6.37. The number of ether oxygens (including phenoxy) is 1. The molecule has 1 aromatic rings. The van der Waals surface area contributed by atoms with Gasteiger partial charge in [-0.05, 0) is 17.4 Å². The molecule has 2 nitrogen and oxygen atoms in total. The molecule has 0 amide bonds. The van der Waals surface area contributed by atoms with Crippen LogP contribution >= 0.6 is 9.24 Å². The highest BCUT2D eigenvalue weighted by Crippen LogP contribution is 2.16. The molecule has 0 aromatic heterocycles. The molecule has 0 fully saturated rings. The van der Waals surface area contributed by atoms with E-state index in [9.17, 15) is 0 Å². The van der Waals surface area contributed by atoms with Gasteiger partial charge in [0, 0.05) is 5.56 Å². The fourth-order valence-corrected chi connectivity index (χ4v) is 1.22. The zero-order valence-corrected chi connectivity index (χ0v) is 7.53. The van der Waals surface area contributed by atoms with Crippen molar-refractivity contribution in [1.29, 1.82) is 0 Å². The molecule has 1 rings (SSSR count). The van der Waals surface area contributed by atoms with Crippen molar-refractivity contribution in [3.05, 3.63) is 23.8 Å². The first kappa shape index (κ1) is 8.51. The molecule has 0 aliphatic heterocycles. The summed E-state index contributed by atoms with van der Waals surface area (Å²) in [6.07, 6.45) is 0. The van der Waals surface area contributed by atoms with E-state index >= 15 is 0 Å². The van der Waals surface area contributed by atoms with Gasteiger partial charge >= 0.3 is 0 Å². The molecule has 0 heterocycles. The average Bonchev–Trinajstić information content (AvgIpc) is 2.04. The lowest BCUT2D eigenvalue weighted by Gasteiger charge is -2.05. The Morgan fingerprint density at radius 1 is 1.55 bits per heavy atom. The van der Waals surface area contributed by atoms with Gasteiger partial charge in [0.1, 0.15) is 5.75 Å². The molecule has 60 valence electrons. The Kier molecular flexibility index (Phi) is 2.86. The second kappa shape index (κ2) is 3.70. The summed E-state index contributed by atoms with van der Waals surface area (Å²) in [5.41, 5.74) is 0.819. The largest absolute Gasteiger partial charge is 0.496 e. The topological polar surface area (TPSA) is 29.5 Å². The predicted octanol–water partition coefficient (Wildman–Crippen LogP) is 0.688. The SMILES string of the molecule is COc1ccc(P)cc1CO. The van der Waals surface area contributed by atoms with Gasteiger partial charge in [0.15, 0.2) is 0 Å². The van der Waals surface area contributed by atoms with Crippen molar-refractivity contribution in [2.45, 2.75) is 6.61 Å². The van der Waals surface area contributed by atoms with Crippen LogP contribution in [0.25, 0.3) is 0 Å². The van der Waals surface area contributed by atoms with E-state index < -0.39 is 0 Å². The predicted molar refractivity (Wildman–Crippen MR) is 48.3 cm³/mol. The van der Waals surface area contributed by atoms with E-state index in [2.05, 4.69) is 9.24 Å².